The average Bonchev–Trinajstić information content (AvgIpc) is 3.72. The van der Waals surface area contributed by atoms with E-state index in [1.807, 2.05) is 54.6 Å². The van der Waals surface area contributed by atoms with E-state index in [1.165, 1.54) is 0 Å². The molecule has 0 N–H and O–H groups in total. The molecule has 0 amide bonds. The highest BCUT2D eigenvalue weighted by molar-refractivity contribution is 6.12. The quantitative estimate of drug-likeness (QED) is 0.197. The number of fused-ring (bicyclic) bond motifs is 7. The number of furan rings is 2. The van der Waals surface area contributed by atoms with Crippen LogP contribution in [0.2, 0.25) is 0 Å². The first-order valence-electron chi connectivity index (χ1n) is 15.9. The van der Waals surface area contributed by atoms with E-state index >= 15 is 0 Å². The highest BCUT2D eigenvalue weighted by Gasteiger charge is 2.18. The zero-order valence-electron chi connectivity index (χ0n) is 25.6. The summed E-state index contributed by atoms with van der Waals surface area (Å²) in [4.78, 5) is 15.4. The van der Waals surface area contributed by atoms with E-state index in [9.17, 15) is 0 Å². The van der Waals surface area contributed by atoms with Crippen molar-refractivity contribution in [2.45, 2.75) is 0 Å². The maximum atomic E-state index is 6.23. The van der Waals surface area contributed by atoms with E-state index in [0.717, 1.165) is 82.5 Å². The van der Waals surface area contributed by atoms with Crippen molar-refractivity contribution in [1.29, 1.82) is 0 Å². The summed E-state index contributed by atoms with van der Waals surface area (Å²) in [5, 5.41) is 6.41. The molecule has 3 heterocycles. The number of rotatable bonds is 4. The second-order valence-corrected chi connectivity index (χ2v) is 12.0. The second kappa shape index (κ2) is 10.5. The van der Waals surface area contributed by atoms with Gasteiger partial charge in [0, 0.05) is 38.2 Å². The molecule has 10 aromatic rings. The van der Waals surface area contributed by atoms with Crippen LogP contribution in [0.1, 0.15) is 0 Å². The first-order chi connectivity index (χ1) is 23.7. The predicted octanol–water partition coefficient (Wildman–Crippen LogP) is 11.5. The summed E-state index contributed by atoms with van der Waals surface area (Å²) in [5.41, 5.74) is 8.30. The maximum Gasteiger partial charge on any atom is 0.164 e. The van der Waals surface area contributed by atoms with Crippen LogP contribution in [0.25, 0.3) is 99.9 Å². The molecule has 3 aromatic heterocycles. The van der Waals surface area contributed by atoms with Gasteiger partial charge >= 0.3 is 0 Å². The lowest BCUT2D eigenvalue weighted by molar-refractivity contribution is 0.669. The Labute approximate surface area is 274 Å². The van der Waals surface area contributed by atoms with E-state index in [-0.39, 0.29) is 0 Å². The van der Waals surface area contributed by atoms with Gasteiger partial charge in [0.05, 0.1) is 0 Å². The summed E-state index contributed by atoms with van der Waals surface area (Å²) >= 11 is 0. The molecule has 0 saturated carbocycles. The SMILES string of the molecule is c1ccc(-c2cccc(-c3nc(-c4ccc5cc6c(cc5c4)oc4ccccc46)nc(-c4cccc5oc6ccccc6c45)n3)c2)cc1. The number of hydrogen-bond acceptors (Lipinski definition) is 5. The molecule has 0 aliphatic heterocycles. The minimum absolute atomic E-state index is 0.588. The number of para-hydroxylation sites is 2. The molecule has 0 unspecified atom stereocenters. The van der Waals surface area contributed by atoms with Crippen LogP contribution < -0.4 is 0 Å². The van der Waals surface area contributed by atoms with Crippen molar-refractivity contribution in [3.8, 4) is 45.3 Å². The maximum absolute atomic E-state index is 6.23. The summed E-state index contributed by atoms with van der Waals surface area (Å²) < 4.78 is 12.5. The highest BCUT2D eigenvalue weighted by Crippen LogP contribution is 2.38. The molecule has 7 aromatic carbocycles. The van der Waals surface area contributed by atoms with Crippen molar-refractivity contribution in [1.82, 2.24) is 15.0 Å². The Morgan fingerprint density at radius 2 is 0.958 bits per heavy atom. The average molecular weight is 616 g/mol. The van der Waals surface area contributed by atoms with Crippen LogP contribution in [-0.2, 0) is 0 Å². The largest absolute Gasteiger partial charge is 0.456 e. The Morgan fingerprint density at radius 3 is 1.81 bits per heavy atom. The smallest absolute Gasteiger partial charge is 0.164 e. The Bertz CT molecular complexity index is 2850. The zero-order valence-corrected chi connectivity index (χ0v) is 25.6. The van der Waals surface area contributed by atoms with Gasteiger partial charge in [-0.15, -0.1) is 0 Å². The van der Waals surface area contributed by atoms with E-state index < -0.39 is 0 Å². The predicted molar refractivity (Wildman–Crippen MR) is 194 cm³/mol. The van der Waals surface area contributed by atoms with Crippen molar-refractivity contribution in [3.05, 3.63) is 152 Å². The Hall–Kier alpha value is -6.59. The summed E-state index contributed by atoms with van der Waals surface area (Å²) in [7, 11) is 0. The lowest BCUT2D eigenvalue weighted by atomic mass is 10.0. The van der Waals surface area contributed by atoms with Gasteiger partial charge in [-0.3, -0.25) is 0 Å². The molecule has 48 heavy (non-hydrogen) atoms. The van der Waals surface area contributed by atoms with Gasteiger partial charge in [-0.2, -0.15) is 0 Å². The van der Waals surface area contributed by atoms with Gasteiger partial charge in [-0.25, -0.2) is 15.0 Å². The molecule has 0 atom stereocenters. The molecule has 0 bridgehead atoms. The Balaban J connectivity index is 1.19. The van der Waals surface area contributed by atoms with Crippen LogP contribution in [0.5, 0.6) is 0 Å². The molecule has 0 aliphatic carbocycles. The Kier molecular flexibility index (Phi) is 5.81. The zero-order chi connectivity index (χ0) is 31.6. The monoisotopic (exact) mass is 615 g/mol. The minimum atomic E-state index is 0.588. The first-order valence-corrected chi connectivity index (χ1v) is 15.9. The number of aromatic nitrogens is 3. The van der Waals surface area contributed by atoms with Crippen LogP contribution in [-0.4, -0.2) is 15.0 Å². The topological polar surface area (TPSA) is 65.0 Å². The van der Waals surface area contributed by atoms with Crippen molar-refractivity contribution < 1.29 is 8.83 Å². The van der Waals surface area contributed by atoms with E-state index in [0.29, 0.717) is 17.5 Å². The molecule has 5 heteroatoms. The number of hydrogen-bond donors (Lipinski definition) is 0. The van der Waals surface area contributed by atoms with Gasteiger partial charge in [0.1, 0.15) is 22.3 Å². The standard InChI is InChI=1S/C43H25N3O2/c1-2-10-26(11-3-1)27-12-8-13-29(22-27)41-44-42(46-43(45-41)34-16-9-19-38-40(34)33-15-5-7-18-37(33)47-38)30-21-20-28-24-35-32-14-4-6-17-36(32)48-39(35)25-31(28)23-30/h1-25H. The van der Waals surface area contributed by atoms with Gasteiger partial charge in [-0.1, -0.05) is 109 Å². The van der Waals surface area contributed by atoms with Crippen molar-refractivity contribution in [2.75, 3.05) is 0 Å². The van der Waals surface area contributed by atoms with Crippen LogP contribution >= 0.6 is 0 Å². The Morgan fingerprint density at radius 1 is 0.333 bits per heavy atom. The minimum Gasteiger partial charge on any atom is -0.456 e. The number of nitrogens with zero attached hydrogens (tertiary/aromatic N) is 3. The number of benzene rings is 7. The van der Waals surface area contributed by atoms with Crippen molar-refractivity contribution in [2.24, 2.45) is 0 Å². The fourth-order valence-electron chi connectivity index (χ4n) is 6.79. The molecule has 0 saturated heterocycles. The van der Waals surface area contributed by atoms with Gasteiger partial charge in [0.25, 0.3) is 0 Å². The molecule has 5 nitrogen and oxygen atoms in total. The third kappa shape index (κ3) is 4.29. The molecular weight excluding hydrogens is 590 g/mol. The lowest BCUT2D eigenvalue weighted by Gasteiger charge is -2.11. The van der Waals surface area contributed by atoms with E-state index in [2.05, 4.69) is 97.1 Å². The van der Waals surface area contributed by atoms with Gasteiger partial charge < -0.3 is 8.83 Å². The fourth-order valence-corrected chi connectivity index (χ4v) is 6.79. The summed E-state index contributed by atoms with van der Waals surface area (Å²) in [6, 6.07) is 51.7. The van der Waals surface area contributed by atoms with E-state index in [4.69, 9.17) is 23.8 Å². The molecule has 0 spiro atoms. The van der Waals surface area contributed by atoms with Gasteiger partial charge in [-0.05, 0) is 64.4 Å². The fraction of sp³-hybridized carbons (Fsp3) is 0. The molecular formula is C43H25N3O2. The molecule has 0 aliphatic rings. The van der Waals surface area contributed by atoms with E-state index in [1.54, 1.807) is 0 Å². The first kappa shape index (κ1) is 26.6. The summed E-state index contributed by atoms with van der Waals surface area (Å²) in [5.74, 6) is 1.78. The second-order valence-electron chi connectivity index (χ2n) is 12.0. The van der Waals surface area contributed by atoms with Crippen LogP contribution in [0.15, 0.2) is 160 Å². The van der Waals surface area contributed by atoms with Crippen LogP contribution in [0.3, 0.4) is 0 Å². The molecule has 0 radical (unpaired) electrons. The van der Waals surface area contributed by atoms with Gasteiger partial charge in [0.2, 0.25) is 0 Å². The molecule has 224 valence electrons. The summed E-state index contributed by atoms with van der Waals surface area (Å²) in [6.45, 7) is 0. The molecule has 0 fully saturated rings. The third-order valence-electron chi connectivity index (χ3n) is 9.10. The van der Waals surface area contributed by atoms with Crippen molar-refractivity contribution >= 4 is 54.6 Å². The van der Waals surface area contributed by atoms with Crippen LogP contribution in [0.4, 0.5) is 0 Å². The summed E-state index contributed by atoms with van der Waals surface area (Å²) in [6.07, 6.45) is 0. The van der Waals surface area contributed by atoms with Crippen molar-refractivity contribution in [3.63, 3.8) is 0 Å². The van der Waals surface area contributed by atoms with Crippen LogP contribution in [0, 0.1) is 0 Å². The molecule has 10 rings (SSSR count). The normalized spacial score (nSPS) is 11.8. The third-order valence-corrected chi connectivity index (χ3v) is 9.10. The highest BCUT2D eigenvalue weighted by atomic mass is 16.3. The lowest BCUT2D eigenvalue weighted by Crippen LogP contribution is -2.00. The van der Waals surface area contributed by atoms with Gasteiger partial charge in [0.15, 0.2) is 17.5 Å².